The average Bonchev–Trinajstić information content (AvgIpc) is 3.16. The summed E-state index contributed by atoms with van der Waals surface area (Å²) in [5.74, 6) is 0.411. The summed E-state index contributed by atoms with van der Waals surface area (Å²) in [6.45, 7) is 4.59. The Bertz CT molecular complexity index is 337. The molecule has 1 amide bonds. The Hall–Kier alpha value is -1.08. The van der Waals surface area contributed by atoms with Gasteiger partial charge in [0.15, 0.2) is 6.54 Å². The predicted octanol–water partition coefficient (Wildman–Crippen LogP) is 0.254. The lowest BCUT2D eigenvalue weighted by Gasteiger charge is -2.24. The first kappa shape index (κ1) is 13.4. The van der Waals surface area contributed by atoms with Crippen molar-refractivity contribution >= 4 is 5.91 Å². The van der Waals surface area contributed by atoms with Crippen molar-refractivity contribution in [2.75, 3.05) is 19.6 Å². The molecule has 0 aromatic carbocycles. The zero-order chi connectivity index (χ0) is 13.0. The van der Waals surface area contributed by atoms with Crippen molar-refractivity contribution in [3.8, 4) is 6.07 Å². The van der Waals surface area contributed by atoms with E-state index in [1.165, 1.54) is 30.6 Å². The Labute approximate surface area is 109 Å². The van der Waals surface area contributed by atoms with E-state index >= 15 is 0 Å². The highest BCUT2D eigenvalue weighted by Gasteiger charge is 2.43. The highest BCUT2D eigenvalue weighted by atomic mass is 16.2. The van der Waals surface area contributed by atoms with E-state index in [4.69, 9.17) is 0 Å². The molecule has 0 aromatic heterocycles. The fourth-order valence-corrected chi connectivity index (χ4v) is 2.85. The van der Waals surface area contributed by atoms with E-state index in [2.05, 4.69) is 11.4 Å². The van der Waals surface area contributed by atoms with Gasteiger partial charge in [-0.1, -0.05) is 0 Å². The summed E-state index contributed by atoms with van der Waals surface area (Å²) < 4.78 is 0. The molecule has 2 N–H and O–H groups in total. The first-order valence-electron chi connectivity index (χ1n) is 7.20. The van der Waals surface area contributed by atoms with E-state index in [0.29, 0.717) is 12.5 Å². The highest BCUT2D eigenvalue weighted by molar-refractivity contribution is 5.78. The zero-order valence-electron chi connectivity index (χ0n) is 11.3. The minimum absolute atomic E-state index is 0.0443. The summed E-state index contributed by atoms with van der Waals surface area (Å²) in [5, 5.41) is 12.2. The van der Waals surface area contributed by atoms with Gasteiger partial charge < -0.3 is 10.2 Å². The third kappa shape index (κ3) is 3.46. The van der Waals surface area contributed by atoms with Crippen molar-refractivity contribution < 1.29 is 9.69 Å². The van der Waals surface area contributed by atoms with Gasteiger partial charge in [-0.3, -0.25) is 4.79 Å². The number of quaternary nitrogens is 1. The molecule has 2 rings (SSSR count). The van der Waals surface area contributed by atoms with Gasteiger partial charge in [-0.05, 0) is 51.4 Å². The van der Waals surface area contributed by atoms with E-state index in [0.717, 1.165) is 25.9 Å². The van der Waals surface area contributed by atoms with Gasteiger partial charge in [-0.15, -0.1) is 0 Å². The molecule has 2 fully saturated rings. The fraction of sp³-hybridized carbons (Fsp3) is 0.857. The molecular weight excluding hydrogens is 226 g/mol. The smallest absolute Gasteiger partial charge is 0.276 e. The zero-order valence-corrected chi connectivity index (χ0v) is 11.3. The molecule has 100 valence electrons. The number of rotatable bonds is 4. The third-order valence-electron chi connectivity index (χ3n) is 4.25. The minimum Gasteiger partial charge on any atom is -0.333 e. The van der Waals surface area contributed by atoms with Gasteiger partial charge in [-0.25, -0.2) is 0 Å². The molecule has 4 nitrogen and oxygen atoms in total. The molecule has 1 atom stereocenters. The van der Waals surface area contributed by atoms with Crippen LogP contribution in [0.5, 0.6) is 0 Å². The van der Waals surface area contributed by atoms with Gasteiger partial charge in [-0.2, -0.15) is 5.26 Å². The monoisotopic (exact) mass is 250 g/mol. The largest absolute Gasteiger partial charge is 0.333 e. The molecule has 0 unspecified atom stereocenters. The number of nitriles is 1. The quantitative estimate of drug-likeness (QED) is 0.751. The second kappa shape index (κ2) is 5.71. The normalized spacial score (nSPS) is 24.7. The number of hydrogen-bond acceptors (Lipinski definition) is 2. The van der Waals surface area contributed by atoms with Crippen LogP contribution < -0.4 is 10.2 Å². The summed E-state index contributed by atoms with van der Waals surface area (Å²) in [4.78, 5) is 13.4. The topological polar surface area (TPSA) is 57.3 Å². The van der Waals surface area contributed by atoms with E-state index in [1.54, 1.807) is 0 Å². The Balaban J connectivity index is 1.82. The van der Waals surface area contributed by atoms with Crippen LogP contribution in [0.4, 0.5) is 0 Å². The second-order valence-corrected chi connectivity index (χ2v) is 5.98. The van der Waals surface area contributed by atoms with E-state index < -0.39 is 5.54 Å². The van der Waals surface area contributed by atoms with Crippen molar-refractivity contribution in [1.29, 1.82) is 5.26 Å². The first-order valence-corrected chi connectivity index (χ1v) is 7.20. The van der Waals surface area contributed by atoms with Crippen molar-refractivity contribution in [3.05, 3.63) is 0 Å². The van der Waals surface area contributed by atoms with Gasteiger partial charge in [0.25, 0.3) is 5.91 Å². The van der Waals surface area contributed by atoms with Crippen LogP contribution in [0.25, 0.3) is 0 Å². The molecule has 0 spiro atoms. The number of carbonyl (C=O) groups excluding carboxylic acids is 1. The Kier molecular flexibility index (Phi) is 4.23. The van der Waals surface area contributed by atoms with E-state index in [-0.39, 0.29) is 5.91 Å². The summed E-state index contributed by atoms with van der Waals surface area (Å²) in [5.41, 5.74) is -0.637. The molecule has 0 aromatic rings. The second-order valence-electron chi connectivity index (χ2n) is 5.98. The summed E-state index contributed by atoms with van der Waals surface area (Å²) in [7, 11) is 0. The molecule has 0 bridgehead atoms. The SMILES string of the molecule is C[C@@](C#N)(NC(=O)C[NH+]1CCCCCC1)C1CC1. The van der Waals surface area contributed by atoms with Crippen LogP contribution in [0.3, 0.4) is 0 Å². The van der Waals surface area contributed by atoms with Crippen LogP contribution in [0.2, 0.25) is 0 Å². The van der Waals surface area contributed by atoms with E-state index in [9.17, 15) is 10.1 Å². The standard InChI is InChI=1S/C14H23N3O/c1-14(11-15,12-6-7-12)16-13(18)10-17-8-4-2-3-5-9-17/h12H,2-10H2,1H3,(H,16,18)/p+1/t14-/m0/s1. The number of nitrogens with one attached hydrogen (secondary N) is 2. The lowest BCUT2D eigenvalue weighted by molar-refractivity contribution is -0.891. The van der Waals surface area contributed by atoms with Gasteiger partial charge in [0.05, 0.1) is 19.2 Å². The summed E-state index contributed by atoms with van der Waals surface area (Å²) >= 11 is 0. The molecule has 4 heteroatoms. The molecule has 1 saturated carbocycles. The van der Waals surface area contributed by atoms with Crippen LogP contribution in [-0.2, 0) is 4.79 Å². The van der Waals surface area contributed by atoms with Crippen molar-refractivity contribution in [3.63, 3.8) is 0 Å². The molecule has 1 aliphatic carbocycles. The number of hydrogen-bond donors (Lipinski definition) is 2. The Morgan fingerprint density at radius 1 is 1.33 bits per heavy atom. The summed E-state index contributed by atoms with van der Waals surface area (Å²) in [6, 6.07) is 2.28. The molecule has 2 aliphatic rings. The lowest BCUT2D eigenvalue weighted by Crippen LogP contribution is -3.13. The maximum atomic E-state index is 12.0. The predicted molar refractivity (Wildman–Crippen MR) is 68.9 cm³/mol. The number of amides is 1. The Morgan fingerprint density at radius 2 is 1.94 bits per heavy atom. The van der Waals surface area contributed by atoms with Gasteiger partial charge in [0.2, 0.25) is 0 Å². The maximum Gasteiger partial charge on any atom is 0.276 e. The van der Waals surface area contributed by atoms with Gasteiger partial charge in [0, 0.05) is 0 Å². The van der Waals surface area contributed by atoms with E-state index in [1.807, 2.05) is 6.92 Å². The van der Waals surface area contributed by atoms with Crippen molar-refractivity contribution in [1.82, 2.24) is 5.32 Å². The number of nitrogens with zero attached hydrogens (tertiary/aromatic N) is 1. The van der Waals surface area contributed by atoms with Crippen LogP contribution in [-0.4, -0.2) is 31.1 Å². The minimum atomic E-state index is -0.637. The fourth-order valence-electron chi connectivity index (χ4n) is 2.85. The van der Waals surface area contributed by atoms with Gasteiger partial charge in [0.1, 0.15) is 5.54 Å². The molecular formula is C14H24N3O+. The molecule has 1 aliphatic heterocycles. The Morgan fingerprint density at radius 3 is 2.44 bits per heavy atom. The summed E-state index contributed by atoms with van der Waals surface area (Å²) in [6.07, 6.45) is 7.18. The maximum absolute atomic E-state index is 12.0. The third-order valence-corrected chi connectivity index (χ3v) is 4.25. The van der Waals surface area contributed by atoms with Crippen LogP contribution in [0, 0.1) is 17.2 Å². The average molecular weight is 250 g/mol. The molecule has 0 radical (unpaired) electrons. The molecule has 1 heterocycles. The highest BCUT2D eigenvalue weighted by Crippen LogP contribution is 2.39. The lowest BCUT2D eigenvalue weighted by atomic mass is 9.98. The number of likely N-dealkylation sites (tertiary alicyclic amines) is 1. The number of carbonyl (C=O) groups is 1. The first-order chi connectivity index (χ1) is 8.64. The van der Waals surface area contributed by atoms with Gasteiger partial charge >= 0.3 is 0 Å². The molecule has 18 heavy (non-hydrogen) atoms. The van der Waals surface area contributed by atoms with Crippen molar-refractivity contribution in [2.45, 2.75) is 51.0 Å². The van der Waals surface area contributed by atoms with Crippen LogP contribution in [0.1, 0.15) is 45.4 Å². The van der Waals surface area contributed by atoms with Crippen LogP contribution in [0.15, 0.2) is 0 Å². The van der Waals surface area contributed by atoms with Crippen LogP contribution >= 0.6 is 0 Å². The van der Waals surface area contributed by atoms with Crippen molar-refractivity contribution in [2.24, 2.45) is 5.92 Å². The molecule has 1 saturated heterocycles.